The Bertz CT molecular complexity index is 1210. The van der Waals surface area contributed by atoms with E-state index in [1.165, 1.54) is 26.4 Å². The second-order valence-corrected chi connectivity index (χ2v) is 7.70. The summed E-state index contributed by atoms with van der Waals surface area (Å²) in [7, 11) is 6.49. The fourth-order valence-electron chi connectivity index (χ4n) is 3.13. The van der Waals surface area contributed by atoms with E-state index in [0.717, 1.165) is 5.56 Å². The maximum atomic E-state index is 13.1. The molecule has 0 aliphatic carbocycles. The Hall–Kier alpha value is -4.40. The molecule has 3 rings (SSSR count). The molecule has 2 aromatic carbocycles. The summed E-state index contributed by atoms with van der Waals surface area (Å²) in [5, 5.41) is 13.6. The third kappa shape index (κ3) is 5.50. The van der Waals surface area contributed by atoms with Gasteiger partial charge in [0.25, 0.3) is 11.8 Å². The van der Waals surface area contributed by atoms with Gasteiger partial charge in [-0.2, -0.15) is 0 Å². The Morgan fingerprint density at radius 3 is 2.06 bits per heavy atom. The quantitative estimate of drug-likeness (QED) is 0.364. The zero-order valence-corrected chi connectivity index (χ0v) is 19.7. The monoisotopic (exact) mass is 461 g/mol. The predicted octanol–water partition coefficient (Wildman–Crippen LogP) is 3.80. The number of nitrogens with zero attached hydrogens (tertiary/aromatic N) is 2. The van der Waals surface area contributed by atoms with Crippen molar-refractivity contribution in [3.05, 3.63) is 77.0 Å². The van der Waals surface area contributed by atoms with Crippen LogP contribution in [0.3, 0.4) is 0 Å². The van der Waals surface area contributed by atoms with E-state index in [2.05, 4.69) is 15.6 Å². The molecule has 176 valence electrons. The van der Waals surface area contributed by atoms with Crippen molar-refractivity contribution < 1.29 is 19.1 Å². The molecule has 0 radical (unpaired) electrons. The molecule has 9 nitrogen and oxygen atoms in total. The van der Waals surface area contributed by atoms with Gasteiger partial charge in [0.2, 0.25) is 0 Å². The lowest BCUT2D eigenvalue weighted by Crippen LogP contribution is -2.22. The van der Waals surface area contributed by atoms with Crippen molar-refractivity contribution >= 4 is 29.2 Å². The number of anilines is 2. The van der Waals surface area contributed by atoms with E-state index < -0.39 is 11.8 Å². The highest BCUT2D eigenvalue weighted by atomic mass is 16.5. The molecule has 34 heavy (non-hydrogen) atoms. The number of methoxy groups -OCH3 is 2. The second kappa shape index (κ2) is 10.5. The summed E-state index contributed by atoms with van der Waals surface area (Å²) in [6.45, 7) is 1.90. The van der Waals surface area contributed by atoms with Crippen LogP contribution in [-0.2, 0) is 0 Å². The van der Waals surface area contributed by atoms with Gasteiger partial charge in [-0.15, -0.1) is 0 Å². The largest absolute Gasteiger partial charge is 0.493 e. The summed E-state index contributed by atoms with van der Waals surface area (Å²) in [6.07, 6.45) is 1.65. The van der Waals surface area contributed by atoms with Gasteiger partial charge < -0.3 is 25.0 Å². The Morgan fingerprint density at radius 2 is 1.50 bits per heavy atom. The Morgan fingerprint density at radius 1 is 0.882 bits per heavy atom. The van der Waals surface area contributed by atoms with E-state index in [1.807, 2.05) is 13.0 Å². The van der Waals surface area contributed by atoms with Crippen molar-refractivity contribution in [3.63, 3.8) is 0 Å². The molecule has 3 N–H and O–H groups in total. The Labute approximate surface area is 198 Å². The molecule has 3 aromatic rings. The molecule has 0 fully saturated rings. The van der Waals surface area contributed by atoms with E-state index in [9.17, 15) is 9.59 Å². The summed E-state index contributed by atoms with van der Waals surface area (Å²) in [4.78, 5) is 31.9. The summed E-state index contributed by atoms with van der Waals surface area (Å²) in [5.74, 6) is 0.517. The molecule has 0 saturated carbocycles. The van der Waals surface area contributed by atoms with Gasteiger partial charge in [-0.3, -0.25) is 15.0 Å². The predicted molar refractivity (Wildman–Crippen MR) is 131 cm³/mol. The molecule has 0 atom stereocenters. The number of rotatable bonds is 7. The van der Waals surface area contributed by atoms with Crippen molar-refractivity contribution in [3.8, 4) is 11.5 Å². The number of aryl methyl sites for hydroxylation is 1. The Balaban J connectivity index is 1.91. The molecular formula is C25H27N5O4. The number of pyridine rings is 1. The average Bonchev–Trinajstić information content (AvgIpc) is 2.84. The first-order valence-electron chi connectivity index (χ1n) is 10.4. The van der Waals surface area contributed by atoms with E-state index in [4.69, 9.17) is 14.9 Å². The SMILES string of the molecule is COc1cc(NC(=O)c2ccc(C(=N)N(C)C)cc2)c(C(=O)Nc2ccc(C)cn2)cc1OC. The molecule has 2 amide bonds. The van der Waals surface area contributed by atoms with Crippen molar-refractivity contribution in [2.75, 3.05) is 38.9 Å². The third-order valence-corrected chi connectivity index (χ3v) is 5.04. The highest BCUT2D eigenvalue weighted by Crippen LogP contribution is 2.34. The number of benzene rings is 2. The zero-order chi connectivity index (χ0) is 24.8. The van der Waals surface area contributed by atoms with Gasteiger partial charge in [0.05, 0.1) is 25.5 Å². The number of amides is 2. The third-order valence-electron chi connectivity index (χ3n) is 5.04. The minimum absolute atomic E-state index is 0.180. The van der Waals surface area contributed by atoms with Crippen LogP contribution in [0.5, 0.6) is 11.5 Å². The van der Waals surface area contributed by atoms with Crippen LogP contribution in [0.1, 0.15) is 31.8 Å². The summed E-state index contributed by atoms with van der Waals surface area (Å²) >= 11 is 0. The molecule has 0 unspecified atom stereocenters. The number of amidine groups is 1. The van der Waals surface area contributed by atoms with Crippen molar-refractivity contribution in [1.82, 2.24) is 9.88 Å². The first-order valence-corrected chi connectivity index (χ1v) is 10.4. The van der Waals surface area contributed by atoms with E-state index in [1.54, 1.807) is 55.5 Å². The summed E-state index contributed by atoms with van der Waals surface area (Å²) < 4.78 is 10.7. The standard InChI is InChI=1S/C25H27N5O4/c1-15-6-11-22(27-14-15)29-25(32)18-12-20(33-4)21(34-5)13-19(18)28-24(31)17-9-7-16(8-10-17)23(26)30(2)3/h6-14,26H,1-5H3,(H,28,31)(H,27,29,32). The Kier molecular flexibility index (Phi) is 7.47. The van der Waals surface area contributed by atoms with E-state index in [-0.39, 0.29) is 11.3 Å². The molecule has 0 aliphatic heterocycles. The molecule has 9 heteroatoms. The first kappa shape index (κ1) is 24.2. The van der Waals surface area contributed by atoms with Crippen LogP contribution in [0.2, 0.25) is 0 Å². The van der Waals surface area contributed by atoms with Crippen LogP contribution in [-0.4, -0.2) is 55.8 Å². The van der Waals surface area contributed by atoms with Gasteiger partial charge in [-0.1, -0.05) is 18.2 Å². The highest BCUT2D eigenvalue weighted by Gasteiger charge is 2.20. The van der Waals surface area contributed by atoms with Crippen molar-refractivity contribution in [2.24, 2.45) is 0 Å². The van der Waals surface area contributed by atoms with E-state index >= 15 is 0 Å². The lowest BCUT2D eigenvalue weighted by molar-refractivity contribution is 0.102. The van der Waals surface area contributed by atoms with Crippen LogP contribution < -0.4 is 20.1 Å². The number of carbonyl (C=O) groups is 2. The number of aromatic nitrogens is 1. The topological polar surface area (TPSA) is 117 Å². The molecule has 0 spiro atoms. The normalized spacial score (nSPS) is 10.3. The number of nitrogens with one attached hydrogen (secondary N) is 3. The molecule has 0 aliphatic rings. The van der Waals surface area contributed by atoms with Gasteiger partial charge >= 0.3 is 0 Å². The molecule has 1 heterocycles. The minimum atomic E-state index is -0.470. The van der Waals surface area contributed by atoms with Gasteiger partial charge in [0, 0.05) is 37.5 Å². The van der Waals surface area contributed by atoms with Crippen LogP contribution in [0, 0.1) is 12.3 Å². The fourth-order valence-corrected chi connectivity index (χ4v) is 3.13. The lowest BCUT2D eigenvalue weighted by Gasteiger charge is -2.16. The van der Waals surface area contributed by atoms with Crippen LogP contribution >= 0.6 is 0 Å². The van der Waals surface area contributed by atoms with Crippen LogP contribution in [0.25, 0.3) is 0 Å². The van der Waals surface area contributed by atoms with Crippen LogP contribution in [0.4, 0.5) is 11.5 Å². The minimum Gasteiger partial charge on any atom is -0.493 e. The lowest BCUT2D eigenvalue weighted by atomic mass is 10.1. The van der Waals surface area contributed by atoms with Crippen molar-refractivity contribution in [1.29, 1.82) is 5.41 Å². The number of carbonyl (C=O) groups excluding carboxylic acids is 2. The highest BCUT2D eigenvalue weighted by molar-refractivity contribution is 6.13. The van der Waals surface area contributed by atoms with E-state index in [0.29, 0.717) is 34.3 Å². The molecule has 0 saturated heterocycles. The average molecular weight is 462 g/mol. The fraction of sp³-hybridized carbons (Fsp3) is 0.200. The van der Waals surface area contributed by atoms with Gasteiger partial charge in [-0.25, -0.2) is 4.98 Å². The number of hydrogen-bond donors (Lipinski definition) is 3. The maximum Gasteiger partial charge on any atom is 0.259 e. The molecule has 0 bridgehead atoms. The van der Waals surface area contributed by atoms with Gasteiger partial charge in [-0.05, 0) is 36.8 Å². The summed E-state index contributed by atoms with van der Waals surface area (Å²) in [6, 6.07) is 13.2. The van der Waals surface area contributed by atoms with Crippen LogP contribution in [0.15, 0.2) is 54.7 Å². The summed E-state index contributed by atoms with van der Waals surface area (Å²) in [5.41, 5.74) is 2.44. The smallest absolute Gasteiger partial charge is 0.259 e. The second-order valence-electron chi connectivity index (χ2n) is 7.70. The first-order chi connectivity index (χ1) is 16.2. The zero-order valence-electron chi connectivity index (χ0n) is 19.7. The van der Waals surface area contributed by atoms with Gasteiger partial charge in [0.1, 0.15) is 11.7 Å². The maximum absolute atomic E-state index is 13.1. The van der Waals surface area contributed by atoms with Gasteiger partial charge in [0.15, 0.2) is 11.5 Å². The van der Waals surface area contributed by atoms with Crippen molar-refractivity contribution in [2.45, 2.75) is 6.92 Å². The number of hydrogen-bond acceptors (Lipinski definition) is 6. The number of ether oxygens (including phenoxy) is 2. The molecule has 1 aromatic heterocycles. The molecular weight excluding hydrogens is 434 g/mol.